The van der Waals surface area contributed by atoms with Gasteiger partial charge in [-0.3, -0.25) is 9.59 Å². The molecule has 0 bridgehead atoms. The average molecular weight is 308 g/mol. The zero-order valence-corrected chi connectivity index (χ0v) is 13.2. The highest BCUT2D eigenvalue weighted by Gasteiger charge is 2.44. The summed E-state index contributed by atoms with van der Waals surface area (Å²) in [7, 11) is 1.58. The third-order valence-electron chi connectivity index (χ3n) is 4.24. The second kappa shape index (κ2) is 6.91. The van der Waals surface area contributed by atoms with Gasteiger partial charge in [0.15, 0.2) is 0 Å². The summed E-state index contributed by atoms with van der Waals surface area (Å²) in [6.07, 6.45) is 6.00. The van der Waals surface area contributed by atoms with Gasteiger partial charge in [-0.25, -0.2) is 4.98 Å². The zero-order chi connectivity index (χ0) is 16.2. The van der Waals surface area contributed by atoms with Crippen LogP contribution in [0, 0.1) is 0 Å². The van der Waals surface area contributed by atoms with E-state index in [9.17, 15) is 9.59 Å². The highest BCUT2D eigenvalue weighted by Crippen LogP contribution is 2.33. The highest BCUT2D eigenvalue weighted by molar-refractivity contribution is 5.80. The van der Waals surface area contributed by atoms with Gasteiger partial charge < -0.3 is 19.9 Å². The van der Waals surface area contributed by atoms with Gasteiger partial charge in [0, 0.05) is 32.5 Å². The third-order valence-corrected chi connectivity index (χ3v) is 4.24. The molecule has 22 heavy (non-hydrogen) atoms. The summed E-state index contributed by atoms with van der Waals surface area (Å²) in [6.45, 7) is 3.19. The smallest absolute Gasteiger partial charge is 0.243 e. The molecule has 0 radical (unpaired) electrons. The minimum absolute atomic E-state index is 0.0245. The number of aromatic nitrogens is 2. The van der Waals surface area contributed by atoms with E-state index in [4.69, 9.17) is 10.5 Å². The summed E-state index contributed by atoms with van der Waals surface area (Å²) >= 11 is 0. The van der Waals surface area contributed by atoms with Gasteiger partial charge in [0.2, 0.25) is 11.8 Å². The maximum absolute atomic E-state index is 12.7. The van der Waals surface area contributed by atoms with Crippen molar-refractivity contribution in [3.05, 3.63) is 18.2 Å². The fraction of sp³-hybridized carbons (Fsp3) is 0.667. The molecule has 7 heteroatoms. The van der Waals surface area contributed by atoms with Crippen LogP contribution in [0.5, 0.6) is 0 Å². The Balaban J connectivity index is 2.17. The number of ether oxygens (including phenoxy) is 1. The van der Waals surface area contributed by atoms with Crippen molar-refractivity contribution in [2.75, 3.05) is 20.3 Å². The van der Waals surface area contributed by atoms with Crippen LogP contribution in [-0.2, 0) is 27.3 Å². The van der Waals surface area contributed by atoms with E-state index in [1.807, 2.05) is 11.5 Å². The lowest BCUT2D eigenvalue weighted by Crippen LogP contribution is -2.53. The fourth-order valence-corrected chi connectivity index (χ4v) is 3.33. The van der Waals surface area contributed by atoms with E-state index >= 15 is 0 Å². The summed E-state index contributed by atoms with van der Waals surface area (Å²) in [5.41, 5.74) is 4.78. The minimum atomic E-state index is -0.607. The lowest BCUT2D eigenvalue weighted by atomic mass is 9.92. The highest BCUT2D eigenvalue weighted by atomic mass is 16.5. The summed E-state index contributed by atoms with van der Waals surface area (Å²) in [5.74, 6) is 0.442. The predicted molar refractivity (Wildman–Crippen MR) is 81.0 cm³/mol. The van der Waals surface area contributed by atoms with Gasteiger partial charge >= 0.3 is 0 Å². The van der Waals surface area contributed by atoms with Crippen LogP contribution in [0.4, 0.5) is 0 Å². The SMILES string of the molecule is CCc1nccn1CC(=O)N1CCCC1(COC)CC(N)=O. The van der Waals surface area contributed by atoms with E-state index in [1.165, 1.54) is 0 Å². The van der Waals surface area contributed by atoms with Crippen LogP contribution in [0.3, 0.4) is 0 Å². The molecule has 2 amide bonds. The maximum atomic E-state index is 12.7. The standard InChI is InChI=1S/C15H24N4O3/c1-3-13-17-6-8-18(13)10-14(21)19-7-4-5-15(19,11-22-2)9-12(16)20/h6,8H,3-5,7,9-11H2,1-2H3,(H2,16,20). The molecule has 1 aliphatic rings. The van der Waals surface area contributed by atoms with E-state index in [-0.39, 0.29) is 18.9 Å². The van der Waals surface area contributed by atoms with E-state index in [0.717, 1.165) is 25.1 Å². The van der Waals surface area contributed by atoms with E-state index in [2.05, 4.69) is 4.98 Å². The number of imidazole rings is 1. The number of primary amides is 1. The van der Waals surface area contributed by atoms with Gasteiger partial charge in [0.05, 0.1) is 18.6 Å². The molecule has 0 saturated carbocycles. The minimum Gasteiger partial charge on any atom is -0.382 e. The number of methoxy groups -OCH3 is 1. The van der Waals surface area contributed by atoms with Crippen molar-refractivity contribution in [1.82, 2.24) is 14.5 Å². The largest absolute Gasteiger partial charge is 0.382 e. The van der Waals surface area contributed by atoms with Crippen LogP contribution in [0.15, 0.2) is 12.4 Å². The molecule has 0 aliphatic carbocycles. The van der Waals surface area contributed by atoms with Crippen molar-refractivity contribution in [2.45, 2.75) is 44.7 Å². The quantitative estimate of drug-likeness (QED) is 0.786. The Hall–Kier alpha value is -1.89. The monoisotopic (exact) mass is 308 g/mol. The maximum Gasteiger partial charge on any atom is 0.243 e. The molecule has 1 atom stereocenters. The predicted octanol–water partition coefficient (Wildman–Crippen LogP) is 0.329. The molecule has 1 aliphatic heterocycles. The van der Waals surface area contributed by atoms with Crippen LogP contribution >= 0.6 is 0 Å². The Morgan fingerprint density at radius 2 is 2.27 bits per heavy atom. The number of hydrogen-bond acceptors (Lipinski definition) is 4. The first-order valence-electron chi connectivity index (χ1n) is 7.60. The first kappa shape index (κ1) is 16.5. The van der Waals surface area contributed by atoms with Gasteiger partial charge in [-0.15, -0.1) is 0 Å². The molecule has 1 aromatic heterocycles. The number of amides is 2. The van der Waals surface area contributed by atoms with Crippen molar-refractivity contribution in [3.8, 4) is 0 Å². The van der Waals surface area contributed by atoms with Gasteiger partial charge in [0.1, 0.15) is 12.4 Å². The summed E-state index contributed by atoms with van der Waals surface area (Å²) in [6, 6.07) is 0. The molecule has 2 N–H and O–H groups in total. The summed E-state index contributed by atoms with van der Waals surface area (Å²) in [5, 5.41) is 0. The molecule has 1 saturated heterocycles. The number of aryl methyl sites for hydroxylation is 1. The Morgan fingerprint density at radius 3 is 2.91 bits per heavy atom. The van der Waals surface area contributed by atoms with Crippen molar-refractivity contribution in [3.63, 3.8) is 0 Å². The van der Waals surface area contributed by atoms with E-state index in [0.29, 0.717) is 13.2 Å². The Bertz CT molecular complexity index is 543. The fourth-order valence-electron chi connectivity index (χ4n) is 3.33. The second-order valence-electron chi connectivity index (χ2n) is 5.77. The number of rotatable bonds is 7. The van der Waals surface area contributed by atoms with Crippen LogP contribution in [0.2, 0.25) is 0 Å². The van der Waals surface area contributed by atoms with Crippen molar-refractivity contribution >= 4 is 11.8 Å². The number of carbonyl (C=O) groups is 2. The van der Waals surface area contributed by atoms with Gasteiger partial charge in [0.25, 0.3) is 0 Å². The van der Waals surface area contributed by atoms with E-state index in [1.54, 1.807) is 24.4 Å². The zero-order valence-electron chi connectivity index (χ0n) is 13.2. The topological polar surface area (TPSA) is 90.4 Å². The summed E-state index contributed by atoms with van der Waals surface area (Å²) < 4.78 is 7.12. The van der Waals surface area contributed by atoms with Crippen molar-refractivity contribution in [2.24, 2.45) is 5.73 Å². The summed E-state index contributed by atoms with van der Waals surface area (Å²) in [4.78, 5) is 30.2. The van der Waals surface area contributed by atoms with Gasteiger partial charge in [-0.2, -0.15) is 0 Å². The number of nitrogens with two attached hydrogens (primary N) is 1. The molecule has 2 heterocycles. The van der Waals surface area contributed by atoms with E-state index < -0.39 is 11.4 Å². The Labute approximate surface area is 130 Å². The molecule has 2 rings (SSSR count). The van der Waals surface area contributed by atoms with Crippen LogP contribution in [0.1, 0.15) is 32.0 Å². The molecule has 1 aromatic rings. The Morgan fingerprint density at radius 1 is 1.50 bits per heavy atom. The molecule has 1 fully saturated rings. The molecular formula is C15H24N4O3. The van der Waals surface area contributed by atoms with Crippen LogP contribution < -0.4 is 5.73 Å². The number of likely N-dealkylation sites (tertiary alicyclic amines) is 1. The molecule has 0 spiro atoms. The van der Waals surface area contributed by atoms with Crippen LogP contribution in [-0.4, -0.2) is 52.1 Å². The van der Waals surface area contributed by atoms with Gasteiger partial charge in [-0.1, -0.05) is 6.92 Å². The lowest BCUT2D eigenvalue weighted by Gasteiger charge is -2.37. The van der Waals surface area contributed by atoms with Crippen LogP contribution in [0.25, 0.3) is 0 Å². The second-order valence-corrected chi connectivity index (χ2v) is 5.77. The molecule has 0 aromatic carbocycles. The van der Waals surface area contributed by atoms with Crippen molar-refractivity contribution < 1.29 is 14.3 Å². The molecule has 7 nitrogen and oxygen atoms in total. The number of carbonyl (C=O) groups excluding carboxylic acids is 2. The molecular weight excluding hydrogens is 284 g/mol. The number of hydrogen-bond donors (Lipinski definition) is 1. The molecule has 122 valence electrons. The van der Waals surface area contributed by atoms with Crippen molar-refractivity contribution in [1.29, 1.82) is 0 Å². The Kier molecular flexibility index (Phi) is 5.18. The average Bonchev–Trinajstić information content (AvgIpc) is 3.05. The lowest BCUT2D eigenvalue weighted by molar-refractivity contribution is -0.139. The third kappa shape index (κ3) is 3.30. The first-order chi connectivity index (χ1) is 10.5. The molecule has 1 unspecified atom stereocenters. The van der Waals surface area contributed by atoms with Gasteiger partial charge in [-0.05, 0) is 12.8 Å². The first-order valence-corrected chi connectivity index (χ1v) is 7.60. The normalized spacial score (nSPS) is 21.3. The number of nitrogens with zero attached hydrogens (tertiary/aromatic N) is 3.